The van der Waals surface area contributed by atoms with Crippen LogP contribution in [0.1, 0.15) is 11.1 Å². The maximum Gasteiger partial charge on any atom is 0.230 e. The Morgan fingerprint density at radius 3 is 2.44 bits per heavy atom. The van der Waals surface area contributed by atoms with Crippen molar-refractivity contribution in [2.75, 3.05) is 5.32 Å². The molecular weight excluding hydrogens is 474 g/mol. The van der Waals surface area contributed by atoms with Gasteiger partial charge in [-0.15, -0.1) is 0 Å². The number of benzene rings is 2. The van der Waals surface area contributed by atoms with Gasteiger partial charge in [0, 0.05) is 41.2 Å². The van der Waals surface area contributed by atoms with E-state index in [9.17, 15) is 22.4 Å². The lowest BCUT2D eigenvalue weighted by Crippen LogP contribution is -2.17. The van der Waals surface area contributed by atoms with Crippen LogP contribution in [0.3, 0.4) is 0 Å². The molecule has 1 amide bonds. The van der Waals surface area contributed by atoms with Crippen LogP contribution in [0.5, 0.6) is 0 Å². The number of imidazole rings is 1. The molecule has 0 aliphatic carbocycles. The lowest BCUT2D eigenvalue weighted by Gasteiger charge is -2.09. The highest BCUT2D eigenvalue weighted by Crippen LogP contribution is 2.33. The second-order valence-corrected chi connectivity index (χ2v) is 8.07. The Morgan fingerprint density at radius 2 is 1.69 bits per heavy atom. The van der Waals surface area contributed by atoms with Gasteiger partial charge in [0.15, 0.2) is 5.65 Å². The van der Waals surface area contributed by atoms with E-state index < -0.39 is 35.3 Å². The molecule has 180 valence electrons. The monoisotopic (exact) mass is 491 g/mol. The summed E-state index contributed by atoms with van der Waals surface area (Å²) in [5.74, 6) is -4.34. The molecule has 0 bridgehead atoms. The van der Waals surface area contributed by atoms with Gasteiger partial charge in [-0.2, -0.15) is 5.10 Å². The van der Waals surface area contributed by atoms with Gasteiger partial charge in [0.05, 0.1) is 12.1 Å². The highest BCUT2D eigenvalue weighted by atomic mass is 19.1. The smallest absolute Gasteiger partial charge is 0.230 e. The third-order valence-electron chi connectivity index (χ3n) is 5.57. The van der Waals surface area contributed by atoms with Crippen LogP contribution in [-0.2, 0) is 11.2 Å². The summed E-state index contributed by atoms with van der Waals surface area (Å²) in [5.41, 5.74) is 2.81. The first-order valence-corrected chi connectivity index (χ1v) is 10.8. The summed E-state index contributed by atoms with van der Waals surface area (Å²) in [6, 6.07) is 12.4. The molecule has 6 nitrogen and oxygen atoms in total. The molecule has 0 fully saturated rings. The van der Waals surface area contributed by atoms with E-state index >= 15 is 0 Å². The van der Waals surface area contributed by atoms with Crippen LogP contribution in [-0.4, -0.2) is 25.5 Å². The van der Waals surface area contributed by atoms with Crippen LogP contribution in [0.25, 0.3) is 28.2 Å². The van der Waals surface area contributed by atoms with Crippen molar-refractivity contribution in [3.05, 3.63) is 101 Å². The van der Waals surface area contributed by atoms with Crippen molar-refractivity contribution in [1.82, 2.24) is 19.6 Å². The Kier molecular flexibility index (Phi) is 5.93. The molecule has 0 saturated heterocycles. The molecule has 0 atom stereocenters. The fourth-order valence-corrected chi connectivity index (χ4v) is 3.88. The normalized spacial score (nSPS) is 11.1. The number of fused-ring (bicyclic) bond motifs is 1. The van der Waals surface area contributed by atoms with Crippen molar-refractivity contribution in [3.8, 4) is 22.5 Å². The molecular formula is C26H17F4N5O. The number of amides is 1. The largest absolute Gasteiger partial charge is 0.310 e. The zero-order chi connectivity index (χ0) is 25.4. The minimum Gasteiger partial charge on any atom is -0.310 e. The molecule has 3 aromatic heterocycles. The Morgan fingerprint density at radius 1 is 0.917 bits per heavy atom. The number of nitrogens with zero attached hydrogens (tertiary/aromatic N) is 4. The van der Waals surface area contributed by atoms with Gasteiger partial charge in [-0.3, -0.25) is 4.79 Å². The van der Waals surface area contributed by atoms with Gasteiger partial charge >= 0.3 is 0 Å². The Labute approximate surface area is 202 Å². The molecule has 0 radical (unpaired) electrons. The van der Waals surface area contributed by atoms with Gasteiger partial charge in [0.2, 0.25) is 5.91 Å². The zero-order valence-electron chi connectivity index (χ0n) is 18.8. The van der Waals surface area contributed by atoms with E-state index in [4.69, 9.17) is 0 Å². The molecule has 36 heavy (non-hydrogen) atoms. The molecule has 5 aromatic rings. The summed E-state index contributed by atoms with van der Waals surface area (Å²) >= 11 is 0. The minimum atomic E-state index is -1.15. The summed E-state index contributed by atoms with van der Waals surface area (Å²) in [7, 11) is 0. The fraction of sp³-hybridized carbons (Fsp3) is 0.0769. The van der Waals surface area contributed by atoms with Crippen molar-refractivity contribution in [2.45, 2.75) is 13.3 Å². The van der Waals surface area contributed by atoms with E-state index in [1.54, 1.807) is 54.0 Å². The Hall–Kier alpha value is -4.60. The van der Waals surface area contributed by atoms with Gasteiger partial charge in [0.1, 0.15) is 34.8 Å². The maximum atomic E-state index is 14.0. The number of aryl methyl sites for hydroxylation is 1. The number of anilines is 1. The average Bonchev–Trinajstić information content (AvgIpc) is 3.23. The number of nitrogens with one attached hydrogen (secondary N) is 1. The average molecular weight is 491 g/mol. The summed E-state index contributed by atoms with van der Waals surface area (Å²) < 4.78 is 56.6. The minimum absolute atomic E-state index is 0.118. The summed E-state index contributed by atoms with van der Waals surface area (Å²) in [6.07, 6.45) is 2.39. The lowest BCUT2D eigenvalue weighted by molar-refractivity contribution is -0.115. The quantitative estimate of drug-likeness (QED) is 0.330. The third kappa shape index (κ3) is 4.40. The van der Waals surface area contributed by atoms with Crippen molar-refractivity contribution in [2.24, 2.45) is 0 Å². The number of rotatable bonds is 5. The number of aromatic nitrogens is 4. The number of carbonyl (C=O) groups is 1. The van der Waals surface area contributed by atoms with E-state index in [0.29, 0.717) is 45.9 Å². The molecule has 3 heterocycles. The van der Waals surface area contributed by atoms with Crippen LogP contribution in [0, 0.1) is 30.2 Å². The number of hydrogen-bond acceptors (Lipinski definition) is 4. The molecule has 0 saturated carbocycles. The van der Waals surface area contributed by atoms with E-state index in [2.05, 4.69) is 20.4 Å². The predicted molar refractivity (Wildman–Crippen MR) is 125 cm³/mol. The molecule has 0 aliphatic rings. The number of pyridine rings is 1. The van der Waals surface area contributed by atoms with E-state index in [1.165, 1.54) is 12.3 Å². The predicted octanol–water partition coefficient (Wildman–Crippen LogP) is 5.50. The molecule has 5 rings (SSSR count). The van der Waals surface area contributed by atoms with Crippen LogP contribution < -0.4 is 5.32 Å². The SMILES string of the molecule is Cc1cc(-c2nc3cccnn3c2-c2ccnc(NC(=O)Cc3c(F)cc(F)cc3F)c2)ccc1F. The zero-order valence-corrected chi connectivity index (χ0v) is 18.8. The first-order valence-electron chi connectivity index (χ1n) is 10.8. The number of carbonyl (C=O) groups excluding carboxylic acids is 1. The topological polar surface area (TPSA) is 72.2 Å². The van der Waals surface area contributed by atoms with Crippen molar-refractivity contribution >= 4 is 17.4 Å². The van der Waals surface area contributed by atoms with Crippen LogP contribution >= 0.6 is 0 Å². The molecule has 10 heteroatoms. The van der Waals surface area contributed by atoms with Gasteiger partial charge in [-0.1, -0.05) is 0 Å². The second-order valence-electron chi connectivity index (χ2n) is 8.07. The van der Waals surface area contributed by atoms with E-state index in [1.807, 2.05) is 0 Å². The van der Waals surface area contributed by atoms with Gasteiger partial charge in [-0.25, -0.2) is 32.0 Å². The highest BCUT2D eigenvalue weighted by molar-refractivity contribution is 5.92. The summed E-state index contributed by atoms with van der Waals surface area (Å²) in [6.45, 7) is 1.65. The number of halogens is 4. The third-order valence-corrected chi connectivity index (χ3v) is 5.57. The highest BCUT2D eigenvalue weighted by Gasteiger charge is 2.19. The summed E-state index contributed by atoms with van der Waals surface area (Å²) in [5, 5.41) is 6.88. The Balaban J connectivity index is 1.51. The number of hydrogen-bond donors (Lipinski definition) is 1. The molecule has 1 N–H and O–H groups in total. The lowest BCUT2D eigenvalue weighted by atomic mass is 10.0. The van der Waals surface area contributed by atoms with Crippen LogP contribution in [0.4, 0.5) is 23.4 Å². The van der Waals surface area contributed by atoms with Crippen LogP contribution in [0.15, 0.2) is 67.0 Å². The van der Waals surface area contributed by atoms with Crippen molar-refractivity contribution in [3.63, 3.8) is 0 Å². The van der Waals surface area contributed by atoms with Crippen molar-refractivity contribution in [1.29, 1.82) is 0 Å². The van der Waals surface area contributed by atoms with Crippen molar-refractivity contribution < 1.29 is 22.4 Å². The Bertz CT molecular complexity index is 1610. The first kappa shape index (κ1) is 23.2. The molecule has 0 unspecified atom stereocenters. The molecule has 0 aliphatic heterocycles. The molecule has 2 aromatic carbocycles. The standard InChI is InChI=1S/C26H17F4N5O/c1-14-9-15(4-5-19(14)28)25-26(35-23(34-25)3-2-7-32-35)16-6-8-31-22(10-16)33-24(36)13-18-20(29)11-17(27)12-21(18)30/h2-12H,13H2,1H3,(H,31,33,36). The summed E-state index contributed by atoms with van der Waals surface area (Å²) in [4.78, 5) is 21.3. The van der Waals surface area contributed by atoms with Gasteiger partial charge < -0.3 is 5.32 Å². The molecule has 0 spiro atoms. The van der Waals surface area contributed by atoms with Crippen LogP contribution in [0.2, 0.25) is 0 Å². The van der Waals surface area contributed by atoms with E-state index in [-0.39, 0.29) is 11.6 Å². The van der Waals surface area contributed by atoms with E-state index in [0.717, 1.165) is 0 Å². The van der Waals surface area contributed by atoms with Gasteiger partial charge in [0.25, 0.3) is 0 Å². The first-order chi connectivity index (χ1) is 17.3. The van der Waals surface area contributed by atoms with Gasteiger partial charge in [-0.05, 0) is 55.0 Å². The fourth-order valence-electron chi connectivity index (χ4n) is 3.88. The maximum absolute atomic E-state index is 14.0. The second kappa shape index (κ2) is 9.21.